The van der Waals surface area contributed by atoms with Gasteiger partial charge in [0.2, 0.25) is 15.9 Å². The van der Waals surface area contributed by atoms with Gasteiger partial charge in [0.15, 0.2) is 0 Å². The van der Waals surface area contributed by atoms with Gasteiger partial charge in [-0.3, -0.25) is 9.69 Å². The van der Waals surface area contributed by atoms with Crippen molar-refractivity contribution in [1.29, 1.82) is 0 Å². The van der Waals surface area contributed by atoms with Crippen molar-refractivity contribution in [2.45, 2.75) is 11.1 Å². The number of benzene rings is 2. The fourth-order valence-corrected chi connectivity index (χ4v) is 4.55. The molecule has 0 atom stereocenters. The highest BCUT2D eigenvalue weighted by atomic mass is 32.2. The Bertz CT molecular complexity index is 1000. The van der Waals surface area contributed by atoms with Crippen LogP contribution in [0.25, 0.3) is 0 Å². The van der Waals surface area contributed by atoms with Crippen molar-refractivity contribution in [2.24, 2.45) is 0 Å². The molecular weight excluding hydrogens is 426 g/mol. The normalized spacial score (nSPS) is 16.4. The smallest absolute Gasteiger partial charge is 0.325 e. The first kappa shape index (κ1) is 22.2. The van der Waals surface area contributed by atoms with Crippen LogP contribution in [-0.4, -0.2) is 56.3 Å². The van der Waals surface area contributed by atoms with Crippen molar-refractivity contribution in [3.63, 3.8) is 0 Å². The molecule has 1 fully saturated rings. The SMILES string of the molecule is O=C(CN1CCN(S(=O)(=O)c2ccccc2F)CC1)Nc1ccc(C(F)(F)F)cc1. The van der Waals surface area contributed by atoms with Gasteiger partial charge in [0.25, 0.3) is 0 Å². The predicted molar refractivity (Wildman–Crippen MR) is 102 cm³/mol. The summed E-state index contributed by atoms with van der Waals surface area (Å²) in [4.78, 5) is 13.5. The zero-order valence-corrected chi connectivity index (χ0v) is 16.5. The number of halogens is 4. The van der Waals surface area contributed by atoms with Crippen molar-refractivity contribution < 1.29 is 30.8 Å². The molecule has 162 valence electrons. The molecule has 0 radical (unpaired) electrons. The first-order valence-electron chi connectivity index (χ1n) is 9.01. The van der Waals surface area contributed by atoms with E-state index in [1.165, 1.54) is 30.3 Å². The molecule has 1 aliphatic heterocycles. The molecule has 1 amide bonds. The number of nitrogens with one attached hydrogen (secondary N) is 1. The molecule has 0 aromatic heterocycles. The summed E-state index contributed by atoms with van der Waals surface area (Å²) < 4.78 is 77.9. The van der Waals surface area contributed by atoms with Gasteiger partial charge in [-0.15, -0.1) is 0 Å². The molecule has 1 aliphatic rings. The van der Waals surface area contributed by atoms with Crippen molar-refractivity contribution in [1.82, 2.24) is 9.21 Å². The summed E-state index contributed by atoms with van der Waals surface area (Å²) in [7, 11) is -3.97. The van der Waals surface area contributed by atoms with Crippen molar-refractivity contribution >= 4 is 21.6 Å². The van der Waals surface area contributed by atoms with E-state index in [9.17, 15) is 30.8 Å². The van der Waals surface area contributed by atoms with Gasteiger partial charge in [-0.1, -0.05) is 12.1 Å². The summed E-state index contributed by atoms with van der Waals surface area (Å²) in [6.45, 7) is 0.644. The van der Waals surface area contributed by atoms with E-state index >= 15 is 0 Å². The number of carbonyl (C=O) groups excluding carboxylic acids is 1. The lowest BCUT2D eigenvalue weighted by Gasteiger charge is -2.33. The second kappa shape index (κ2) is 8.70. The Morgan fingerprint density at radius 2 is 1.57 bits per heavy atom. The van der Waals surface area contributed by atoms with E-state index in [1.807, 2.05) is 0 Å². The summed E-state index contributed by atoms with van der Waals surface area (Å²) in [6, 6.07) is 9.21. The highest BCUT2D eigenvalue weighted by Gasteiger charge is 2.31. The van der Waals surface area contributed by atoms with E-state index in [4.69, 9.17) is 0 Å². The average Bonchev–Trinajstić information content (AvgIpc) is 2.68. The van der Waals surface area contributed by atoms with Crippen LogP contribution in [0.5, 0.6) is 0 Å². The lowest BCUT2D eigenvalue weighted by molar-refractivity contribution is -0.137. The number of hydrogen-bond acceptors (Lipinski definition) is 4. The number of rotatable bonds is 5. The molecule has 30 heavy (non-hydrogen) atoms. The summed E-state index contributed by atoms with van der Waals surface area (Å²) in [5.41, 5.74) is -0.582. The second-order valence-corrected chi connectivity index (χ2v) is 8.64. The molecule has 0 aliphatic carbocycles. The molecule has 11 heteroatoms. The minimum absolute atomic E-state index is 0.0470. The Kier molecular flexibility index (Phi) is 6.44. The molecule has 1 heterocycles. The molecular formula is C19H19F4N3O3S. The van der Waals surface area contributed by atoms with Crippen LogP contribution >= 0.6 is 0 Å². The fourth-order valence-electron chi connectivity index (χ4n) is 3.07. The molecule has 2 aromatic rings. The number of carbonyl (C=O) groups is 1. The molecule has 3 rings (SSSR count). The van der Waals surface area contributed by atoms with Gasteiger partial charge in [0.05, 0.1) is 12.1 Å². The molecule has 0 unspecified atom stereocenters. The Hall–Kier alpha value is -2.50. The monoisotopic (exact) mass is 445 g/mol. The lowest BCUT2D eigenvalue weighted by atomic mass is 10.2. The van der Waals surface area contributed by atoms with Gasteiger partial charge < -0.3 is 5.32 Å². The maximum atomic E-state index is 13.9. The zero-order valence-electron chi connectivity index (χ0n) is 15.7. The first-order chi connectivity index (χ1) is 14.1. The third-order valence-corrected chi connectivity index (χ3v) is 6.58. The first-order valence-corrected chi connectivity index (χ1v) is 10.5. The third-order valence-electron chi connectivity index (χ3n) is 4.65. The lowest BCUT2D eigenvalue weighted by Crippen LogP contribution is -2.50. The van der Waals surface area contributed by atoms with Crippen LogP contribution in [0.15, 0.2) is 53.4 Å². The van der Waals surface area contributed by atoms with Crippen LogP contribution in [-0.2, 0) is 21.0 Å². The topological polar surface area (TPSA) is 69.7 Å². The molecule has 1 saturated heterocycles. The number of nitrogens with zero attached hydrogens (tertiary/aromatic N) is 2. The molecule has 2 aromatic carbocycles. The average molecular weight is 445 g/mol. The van der Waals surface area contributed by atoms with Crippen molar-refractivity contribution in [3.05, 3.63) is 59.9 Å². The van der Waals surface area contributed by atoms with Gasteiger partial charge in [0.1, 0.15) is 10.7 Å². The largest absolute Gasteiger partial charge is 0.416 e. The highest BCUT2D eigenvalue weighted by molar-refractivity contribution is 7.89. The molecule has 6 nitrogen and oxygen atoms in total. The number of amides is 1. The van der Waals surface area contributed by atoms with E-state index in [0.717, 1.165) is 22.5 Å². The van der Waals surface area contributed by atoms with E-state index in [-0.39, 0.29) is 38.4 Å². The van der Waals surface area contributed by atoms with Gasteiger partial charge in [-0.2, -0.15) is 17.5 Å². The van der Waals surface area contributed by atoms with E-state index in [2.05, 4.69) is 5.32 Å². The number of hydrogen-bond donors (Lipinski definition) is 1. The van der Waals surface area contributed by atoms with Crippen molar-refractivity contribution in [3.8, 4) is 0 Å². The summed E-state index contributed by atoms with van der Waals surface area (Å²) in [5, 5.41) is 2.51. The molecule has 1 N–H and O–H groups in total. The van der Waals surface area contributed by atoms with Crippen LogP contribution in [0, 0.1) is 5.82 Å². The fraction of sp³-hybridized carbons (Fsp3) is 0.316. The van der Waals surface area contributed by atoms with Gasteiger partial charge >= 0.3 is 6.18 Å². The predicted octanol–water partition coefficient (Wildman–Crippen LogP) is 2.79. The van der Waals surface area contributed by atoms with E-state index in [0.29, 0.717) is 0 Å². The third kappa shape index (κ3) is 5.15. The van der Waals surface area contributed by atoms with Crippen LogP contribution in [0.4, 0.5) is 23.2 Å². The van der Waals surface area contributed by atoms with Gasteiger partial charge in [0, 0.05) is 31.9 Å². The Morgan fingerprint density at radius 1 is 0.967 bits per heavy atom. The number of anilines is 1. The van der Waals surface area contributed by atoms with Gasteiger partial charge in [-0.05, 0) is 36.4 Å². The van der Waals surface area contributed by atoms with E-state index in [1.54, 1.807) is 4.90 Å². The molecule has 0 bridgehead atoms. The molecule has 0 spiro atoms. The maximum Gasteiger partial charge on any atom is 0.416 e. The number of piperazine rings is 1. The van der Waals surface area contributed by atoms with Crippen LogP contribution < -0.4 is 5.32 Å². The quantitative estimate of drug-likeness (QED) is 0.719. The number of sulfonamides is 1. The Labute approximate surface area is 171 Å². The second-order valence-electron chi connectivity index (χ2n) is 6.73. The van der Waals surface area contributed by atoms with Gasteiger partial charge in [-0.25, -0.2) is 12.8 Å². The minimum atomic E-state index is -4.45. The summed E-state index contributed by atoms with van der Waals surface area (Å²) >= 11 is 0. The van der Waals surface area contributed by atoms with Crippen LogP contribution in [0.3, 0.4) is 0 Å². The zero-order chi connectivity index (χ0) is 21.9. The Morgan fingerprint density at radius 3 is 2.13 bits per heavy atom. The van der Waals surface area contributed by atoms with Crippen molar-refractivity contribution in [2.75, 3.05) is 38.0 Å². The Balaban J connectivity index is 1.53. The standard InChI is InChI=1S/C19H19F4N3O3S/c20-16-3-1-2-4-17(16)30(28,29)26-11-9-25(10-12-26)13-18(27)24-15-7-5-14(6-8-15)19(21,22)23/h1-8H,9-13H2,(H,24,27). The number of alkyl halides is 3. The maximum absolute atomic E-state index is 13.9. The molecule has 0 saturated carbocycles. The highest BCUT2D eigenvalue weighted by Crippen LogP contribution is 2.29. The van der Waals surface area contributed by atoms with E-state index < -0.39 is 38.4 Å². The minimum Gasteiger partial charge on any atom is -0.325 e. The van der Waals surface area contributed by atoms with Crippen LogP contribution in [0.2, 0.25) is 0 Å². The van der Waals surface area contributed by atoms with Crippen LogP contribution in [0.1, 0.15) is 5.56 Å². The summed E-state index contributed by atoms with van der Waals surface area (Å²) in [5.74, 6) is -1.25. The summed E-state index contributed by atoms with van der Waals surface area (Å²) in [6.07, 6.45) is -4.45.